The molecule has 4 heteroatoms. The average Bonchev–Trinajstić information content (AvgIpc) is 2.72. The summed E-state index contributed by atoms with van der Waals surface area (Å²) in [5.41, 5.74) is 3.34. The molecule has 0 aliphatic rings. The number of benzene rings is 3. The molecule has 0 saturated heterocycles. The number of thioether (sulfide) groups is 1. The highest BCUT2D eigenvalue weighted by Gasteiger charge is 2.23. The maximum Gasteiger partial charge on any atom is 0.252 e. The maximum absolute atomic E-state index is 13.0. The fraction of sp³-hybridized carbons (Fsp3) is 0.130. The molecule has 3 nitrogen and oxygen atoms in total. The minimum atomic E-state index is -0.652. The number of nitrogens with one attached hydrogen (secondary N) is 1. The quantitative estimate of drug-likeness (QED) is 0.473. The summed E-state index contributed by atoms with van der Waals surface area (Å²) in [5, 5.41) is 2.24. The number of carbonyl (C=O) groups excluding carboxylic acids is 2. The van der Waals surface area contributed by atoms with E-state index in [9.17, 15) is 9.59 Å². The SMILES string of the molecule is Cc1ccc(C(=O)C(NC(=O)c2ccccc2)SCc2ccccc2)cc1. The number of aryl methyl sites for hydroxylation is 1. The Labute approximate surface area is 163 Å². The molecule has 1 amide bonds. The first-order valence-corrected chi connectivity index (χ1v) is 9.81. The Balaban J connectivity index is 1.78. The fourth-order valence-electron chi connectivity index (χ4n) is 2.60. The summed E-state index contributed by atoms with van der Waals surface area (Å²) in [4.78, 5) is 25.6. The monoisotopic (exact) mass is 375 g/mol. The van der Waals surface area contributed by atoms with Crippen LogP contribution in [0.4, 0.5) is 0 Å². The van der Waals surface area contributed by atoms with Crippen LogP contribution >= 0.6 is 11.8 Å². The van der Waals surface area contributed by atoms with Gasteiger partial charge in [-0.05, 0) is 24.6 Å². The van der Waals surface area contributed by atoms with Gasteiger partial charge in [-0.2, -0.15) is 0 Å². The van der Waals surface area contributed by atoms with E-state index in [1.807, 2.05) is 79.7 Å². The van der Waals surface area contributed by atoms with Crippen molar-refractivity contribution in [1.29, 1.82) is 0 Å². The van der Waals surface area contributed by atoms with Gasteiger partial charge >= 0.3 is 0 Å². The van der Waals surface area contributed by atoms with Crippen molar-refractivity contribution in [1.82, 2.24) is 5.32 Å². The van der Waals surface area contributed by atoms with Gasteiger partial charge in [0.15, 0.2) is 5.78 Å². The van der Waals surface area contributed by atoms with Crippen LogP contribution in [0.15, 0.2) is 84.9 Å². The summed E-state index contributed by atoms with van der Waals surface area (Å²) < 4.78 is 0. The van der Waals surface area contributed by atoms with Crippen molar-refractivity contribution in [3.63, 3.8) is 0 Å². The topological polar surface area (TPSA) is 46.2 Å². The summed E-state index contributed by atoms with van der Waals surface area (Å²) >= 11 is 1.42. The molecule has 3 aromatic rings. The lowest BCUT2D eigenvalue weighted by atomic mass is 10.1. The molecule has 0 aliphatic heterocycles. The molecule has 0 fully saturated rings. The third kappa shape index (κ3) is 5.31. The maximum atomic E-state index is 13.0. The van der Waals surface area contributed by atoms with Crippen LogP contribution in [0.5, 0.6) is 0 Å². The van der Waals surface area contributed by atoms with Crippen molar-refractivity contribution in [2.75, 3.05) is 0 Å². The van der Waals surface area contributed by atoms with Crippen molar-refractivity contribution >= 4 is 23.5 Å². The predicted octanol–water partition coefficient (Wildman–Crippen LogP) is 4.87. The van der Waals surface area contributed by atoms with Gasteiger partial charge in [0, 0.05) is 16.9 Å². The fourth-order valence-corrected chi connectivity index (χ4v) is 3.63. The van der Waals surface area contributed by atoms with Gasteiger partial charge in [-0.15, -0.1) is 11.8 Å². The van der Waals surface area contributed by atoms with E-state index in [0.29, 0.717) is 16.9 Å². The number of amides is 1. The molecule has 0 bridgehead atoms. The van der Waals surface area contributed by atoms with Gasteiger partial charge in [0.1, 0.15) is 5.37 Å². The standard InChI is InChI=1S/C23H21NO2S/c1-17-12-14-19(15-13-17)21(25)23(27-16-18-8-4-2-5-9-18)24-22(26)20-10-6-3-7-11-20/h2-15,23H,16H2,1H3,(H,24,26). The van der Waals surface area contributed by atoms with Crippen molar-refractivity contribution in [3.05, 3.63) is 107 Å². The van der Waals surface area contributed by atoms with E-state index in [2.05, 4.69) is 5.32 Å². The molecule has 0 aliphatic carbocycles. The lowest BCUT2D eigenvalue weighted by Crippen LogP contribution is -2.38. The Morgan fingerprint density at radius 3 is 2.04 bits per heavy atom. The lowest BCUT2D eigenvalue weighted by molar-refractivity contribution is 0.0892. The summed E-state index contributed by atoms with van der Waals surface area (Å²) in [6.07, 6.45) is 0. The molecule has 0 aromatic heterocycles. The summed E-state index contributed by atoms with van der Waals surface area (Å²) in [7, 11) is 0. The predicted molar refractivity (Wildman–Crippen MR) is 111 cm³/mol. The number of ketones is 1. The van der Waals surface area contributed by atoms with Gasteiger partial charge < -0.3 is 5.32 Å². The van der Waals surface area contributed by atoms with Gasteiger partial charge in [0.05, 0.1) is 0 Å². The Morgan fingerprint density at radius 2 is 1.41 bits per heavy atom. The summed E-state index contributed by atoms with van der Waals surface area (Å²) in [6, 6.07) is 26.3. The largest absolute Gasteiger partial charge is 0.333 e. The van der Waals surface area contributed by atoms with Crippen LogP contribution in [0.1, 0.15) is 31.8 Å². The molecule has 3 rings (SSSR count). The highest BCUT2D eigenvalue weighted by molar-refractivity contribution is 7.99. The second-order valence-corrected chi connectivity index (χ2v) is 7.34. The Morgan fingerprint density at radius 1 is 0.815 bits per heavy atom. The number of rotatable bonds is 7. The first-order valence-electron chi connectivity index (χ1n) is 8.76. The molecule has 3 aromatic carbocycles. The lowest BCUT2D eigenvalue weighted by Gasteiger charge is -2.18. The smallest absolute Gasteiger partial charge is 0.252 e. The Kier molecular flexibility index (Phi) is 6.44. The molecule has 1 unspecified atom stereocenters. The van der Waals surface area contributed by atoms with Crippen LogP contribution in [0.3, 0.4) is 0 Å². The molecular weight excluding hydrogens is 354 g/mol. The molecule has 136 valence electrons. The summed E-state index contributed by atoms with van der Waals surface area (Å²) in [6.45, 7) is 1.98. The van der Waals surface area contributed by atoms with Crippen molar-refractivity contribution in [2.45, 2.75) is 18.1 Å². The van der Waals surface area contributed by atoms with Crippen LogP contribution in [0.2, 0.25) is 0 Å². The van der Waals surface area contributed by atoms with E-state index in [4.69, 9.17) is 0 Å². The van der Waals surface area contributed by atoms with Crippen LogP contribution < -0.4 is 5.32 Å². The molecule has 1 atom stereocenters. The molecule has 0 heterocycles. The minimum absolute atomic E-state index is 0.0970. The minimum Gasteiger partial charge on any atom is -0.333 e. The zero-order chi connectivity index (χ0) is 19.1. The van der Waals surface area contributed by atoms with Gasteiger partial charge in [-0.3, -0.25) is 9.59 Å². The second-order valence-electron chi connectivity index (χ2n) is 6.25. The first-order chi connectivity index (χ1) is 13.1. The third-order valence-electron chi connectivity index (χ3n) is 4.13. The number of Topliss-reactive ketones (excluding diaryl/α,β-unsaturated/α-hetero) is 1. The first kappa shape index (κ1) is 18.9. The normalized spacial score (nSPS) is 11.6. The van der Waals surface area contributed by atoms with Gasteiger partial charge in [0.25, 0.3) is 5.91 Å². The second kappa shape index (κ2) is 9.19. The number of carbonyl (C=O) groups is 2. The van der Waals surface area contributed by atoms with Gasteiger partial charge in [-0.1, -0.05) is 78.4 Å². The summed E-state index contributed by atoms with van der Waals surface area (Å²) in [5.74, 6) is 0.292. The van der Waals surface area contributed by atoms with E-state index in [-0.39, 0.29) is 11.7 Å². The van der Waals surface area contributed by atoms with E-state index in [1.54, 1.807) is 12.1 Å². The zero-order valence-corrected chi connectivity index (χ0v) is 15.9. The zero-order valence-electron chi connectivity index (χ0n) is 15.1. The highest BCUT2D eigenvalue weighted by Crippen LogP contribution is 2.21. The van der Waals surface area contributed by atoms with Gasteiger partial charge in [0.2, 0.25) is 0 Å². The molecule has 1 N–H and O–H groups in total. The van der Waals surface area contributed by atoms with Crippen LogP contribution in [0, 0.1) is 6.92 Å². The molecule has 27 heavy (non-hydrogen) atoms. The van der Waals surface area contributed by atoms with E-state index in [1.165, 1.54) is 11.8 Å². The molecule has 0 spiro atoms. The Bertz CT molecular complexity index is 893. The van der Waals surface area contributed by atoms with Crippen LogP contribution in [-0.2, 0) is 5.75 Å². The van der Waals surface area contributed by atoms with Crippen molar-refractivity contribution in [3.8, 4) is 0 Å². The van der Waals surface area contributed by atoms with Gasteiger partial charge in [-0.25, -0.2) is 0 Å². The van der Waals surface area contributed by atoms with E-state index >= 15 is 0 Å². The molecule has 0 radical (unpaired) electrons. The van der Waals surface area contributed by atoms with E-state index in [0.717, 1.165) is 11.1 Å². The van der Waals surface area contributed by atoms with Crippen molar-refractivity contribution in [2.24, 2.45) is 0 Å². The van der Waals surface area contributed by atoms with Crippen LogP contribution in [-0.4, -0.2) is 17.1 Å². The van der Waals surface area contributed by atoms with Crippen LogP contribution in [0.25, 0.3) is 0 Å². The number of hydrogen-bond donors (Lipinski definition) is 1. The Hall–Kier alpha value is -2.85. The molecule has 0 saturated carbocycles. The highest BCUT2D eigenvalue weighted by atomic mass is 32.2. The van der Waals surface area contributed by atoms with Crippen molar-refractivity contribution < 1.29 is 9.59 Å². The third-order valence-corrected chi connectivity index (χ3v) is 5.30. The molecular formula is C23H21NO2S. The number of hydrogen-bond acceptors (Lipinski definition) is 3. The van der Waals surface area contributed by atoms with E-state index < -0.39 is 5.37 Å². The average molecular weight is 375 g/mol.